The predicted molar refractivity (Wildman–Crippen MR) is 58.2 cm³/mol. The molecule has 13 heavy (non-hydrogen) atoms. The number of rotatable bonds is 2. The fourth-order valence-corrected chi connectivity index (χ4v) is 3.53. The molecule has 2 heteroatoms. The third-order valence-corrected chi connectivity index (χ3v) is 4.74. The zero-order valence-electron chi connectivity index (χ0n) is 8.88. The number of ether oxygens (including phenoxy) is 1. The van der Waals surface area contributed by atoms with Crippen molar-refractivity contribution in [2.45, 2.75) is 44.1 Å². The van der Waals surface area contributed by atoms with Gasteiger partial charge in [-0.25, -0.2) is 0 Å². The Hall–Kier alpha value is 0.310. The van der Waals surface area contributed by atoms with Crippen molar-refractivity contribution in [2.24, 2.45) is 11.3 Å². The maximum Gasteiger partial charge on any atom is 0.0608 e. The number of hydrogen-bond acceptors (Lipinski definition) is 2. The van der Waals surface area contributed by atoms with Gasteiger partial charge in [-0.15, -0.1) is 0 Å². The summed E-state index contributed by atoms with van der Waals surface area (Å²) in [6.07, 6.45) is 2.87. The van der Waals surface area contributed by atoms with Gasteiger partial charge in [-0.3, -0.25) is 0 Å². The van der Waals surface area contributed by atoms with Crippen molar-refractivity contribution in [1.82, 2.24) is 0 Å². The standard InChI is InChI=1S/C11H20OS/c1-11(2,3)8-4-9(5-8)13-10-6-12-7-10/h8-10H,4-7H2,1-3H3. The van der Waals surface area contributed by atoms with Crippen LogP contribution in [0.2, 0.25) is 0 Å². The van der Waals surface area contributed by atoms with Crippen LogP contribution in [0.1, 0.15) is 33.6 Å². The average Bonchev–Trinajstić information content (AvgIpc) is 1.76. The maximum absolute atomic E-state index is 5.18. The Morgan fingerprint density at radius 1 is 1.08 bits per heavy atom. The molecular formula is C11H20OS. The zero-order chi connectivity index (χ0) is 9.47. The summed E-state index contributed by atoms with van der Waals surface area (Å²) < 4.78 is 5.18. The molecule has 1 aliphatic heterocycles. The molecule has 1 nitrogen and oxygen atoms in total. The monoisotopic (exact) mass is 200 g/mol. The van der Waals surface area contributed by atoms with Gasteiger partial charge in [0.1, 0.15) is 0 Å². The van der Waals surface area contributed by atoms with Gasteiger partial charge < -0.3 is 4.74 Å². The van der Waals surface area contributed by atoms with Gasteiger partial charge in [-0.2, -0.15) is 11.8 Å². The molecule has 76 valence electrons. The molecule has 2 rings (SSSR count). The molecule has 0 radical (unpaired) electrons. The van der Waals surface area contributed by atoms with Crippen LogP contribution in [0, 0.1) is 11.3 Å². The summed E-state index contributed by atoms with van der Waals surface area (Å²) in [5, 5.41) is 1.77. The molecule has 0 unspecified atom stereocenters. The Balaban J connectivity index is 1.66. The van der Waals surface area contributed by atoms with Crippen molar-refractivity contribution in [1.29, 1.82) is 0 Å². The van der Waals surface area contributed by atoms with Gasteiger partial charge in [0.05, 0.1) is 18.5 Å². The Morgan fingerprint density at radius 3 is 2.08 bits per heavy atom. The minimum atomic E-state index is 0.535. The first-order chi connectivity index (χ1) is 6.05. The summed E-state index contributed by atoms with van der Waals surface area (Å²) in [4.78, 5) is 0. The smallest absolute Gasteiger partial charge is 0.0608 e. The number of thioether (sulfide) groups is 1. The lowest BCUT2D eigenvalue weighted by molar-refractivity contribution is 0.0443. The van der Waals surface area contributed by atoms with Crippen LogP contribution in [0.5, 0.6) is 0 Å². The van der Waals surface area contributed by atoms with Crippen molar-refractivity contribution >= 4 is 11.8 Å². The molecule has 0 N–H and O–H groups in total. The van der Waals surface area contributed by atoms with Gasteiger partial charge in [-0.1, -0.05) is 20.8 Å². The molecule has 2 aliphatic rings. The molecule has 2 fully saturated rings. The van der Waals surface area contributed by atoms with E-state index in [2.05, 4.69) is 32.5 Å². The quantitative estimate of drug-likeness (QED) is 0.678. The van der Waals surface area contributed by atoms with Crippen LogP contribution in [-0.2, 0) is 4.74 Å². The summed E-state index contributed by atoms with van der Waals surface area (Å²) in [6, 6.07) is 0. The molecule has 0 amide bonds. The van der Waals surface area contributed by atoms with Gasteiger partial charge in [0.25, 0.3) is 0 Å². The normalized spacial score (nSPS) is 35.3. The molecule has 0 bridgehead atoms. The lowest BCUT2D eigenvalue weighted by atomic mass is 9.68. The summed E-state index contributed by atoms with van der Waals surface area (Å²) >= 11 is 2.17. The van der Waals surface area contributed by atoms with Gasteiger partial charge >= 0.3 is 0 Å². The van der Waals surface area contributed by atoms with E-state index in [0.29, 0.717) is 5.41 Å². The Labute approximate surface area is 85.6 Å². The average molecular weight is 200 g/mol. The van der Waals surface area contributed by atoms with E-state index in [9.17, 15) is 0 Å². The molecular weight excluding hydrogens is 180 g/mol. The summed E-state index contributed by atoms with van der Waals surface area (Å²) in [5.74, 6) is 0.964. The third-order valence-electron chi connectivity index (χ3n) is 3.31. The fourth-order valence-electron chi connectivity index (χ4n) is 1.95. The highest BCUT2D eigenvalue weighted by molar-refractivity contribution is 8.00. The molecule has 0 aromatic carbocycles. The first kappa shape index (κ1) is 9.85. The third kappa shape index (κ3) is 2.21. The molecule has 1 heterocycles. The van der Waals surface area contributed by atoms with E-state index in [1.807, 2.05) is 0 Å². The molecule has 0 atom stereocenters. The van der Waals surface area contributed by atoms with E-state index in [4.69, 9.17) is 4.74 Å². The van der Waals surface area contributed by atoms with E-state index in [1.165, 1.54) is 12.8 Å². The Morgan fingerprint density at radius 2 is 1.69 bits per heavy atom. The second-order valence-corrected chi connectivity index (χ2v) is 7.06. The van der Waals surface area contributed by atoms with E-state index < -0.39 is 0 Å². The van der Waals surface area contributed by atoms with Gasteiger partial charge in [0.2, 0.25) is 0 Å². The molecule has 1 aliphatic carbocycles. The largest absolute Gasteiger partial charge is 0.379 e. The minimum Gasteiger partial charge on any atom is -0.379 e. The van der Waals surface area contributed by atoms with Crippen LogP contribution >= 0.6 is 11.8 Å². The van der Waals surface area contributed by atoms with E-state index in [-0.39, 0.29) is 0 Å². The second-order valence-electron chi connectivity index (χ2n) is 5.45. The molecule has 0 aromatic heterocycles. The Bertz CT molecular complexity index is 175. The number of hydrogen-bond donors (Lipinski definition) is 0. The molecule has 0 aromatic rings. The SMILES string of the molecule is CC(C)(C)C1CC(SC2COC2)C1. The molecule has 0 spiro atoms. The first-order valence-corrected chi connectivity index (χ1v) is 6.23. The van der Waals surface area contributed by atoms with Crippen LogP contribution in [0.15, 0.2) is 0 Å². The zero-order valence-corrected chi connectivity index (χ0v) is 9.69. The van der Waals surface area contributed by atoms with Crippen LogP contribution in [0.25, 0.3) is 0 Å². The molecule has 1 saturated heterocycles. The van der Waals surface area contributed by atoms with Gasteiger partial charge in [-0.05, 0) is 24.2 Å². The lowest BCUT2D eigenvalue weighted by Gasteiger charge is -2.45. The van der Waals surface area contributed by atoms with Crippen molar-refractivity contribution in [3.05, 3.63) is 0 Å². The topological polar surface area (TPSA) is 9.23 Å². The summed E-state index contributed by atoms with van der Waals surface area (Å²) in [7, 11) is 0. The fraction of sp³-hybridized carbons (Fsp3) is 1.00. The predicted octanol–water partition coefficient (Wildman–Crippen LogP) is 2.94. The lowest BCUT2D eigenvalue weighted by Crippen LogP contribution is -2.40. The van der Waals surface area contributed by atoms with E-state index >= 15 is 0 Å². The van der Waals surface area contributed by atoms with Gasteiger partial charge in [0.15, 0.2) is 0 Å². The highest BCUT2D eigenvalue weighted by atomic mass is 32.2. The van der Waals surface area contributed by atoms with Crippen molar-refractivity contribution in [2.75, 3.05) is 13.2 Å². The maximum atomic E-state index is 5.18. The molecule has 1 saturated carbocycles. The van der Waals surface area contributed by atoms with Crippen LogP contribution in [0.3, 0.4) is 0 Å². The van der Waals surface area contributed by atoms with Crippen LogP contribution in [0.4, 0.5) is 0 Å². The van der Waals surface area contributed by atoms with E-state index in [0.717, 1.165) is 29.6 Å². The van der Waals surface area contributed by atoms with Crippen LogP contribution < -0.4 is 0 Å². The highest BCUT2D eigenvalue weighted by Gasteiger charge is 2.39. The summed E-state index contributed by atoms with van der Waals surface area (Å²) in [6.45, 7) is 9.10. The van der Waals surface area contributed by atoms with Crippen molar-refractivity contribution in [3.63, 3.8) is 0 Å². The Kier molecular flexibility index (Phi) is 2.63. The van der Waals surface area contributed by atoms with Gasteiger partial charge in [0, 0.05) is 5.25 Å². The first-order valence-electron chi connectivity index (χ1n) is 5.29. The minimum absolute atomic E-state index is 0.535. The van der Waals surface area contributed by atoms with Crippen molar-refractivity contribution in [3.8, 4) is 0 Å². The highest BCUT2D eigenvalue weighted by Crippen LogP contribution is 2.47. The second kappa shape index (κ2) is 3.47. The van der Waals surface area contributed by atoms with Crippen LogP contribution in [-0.4, -0.2) is 23.7 Å². The van der Waals surface area contributed by atoms with E-state index in [1.54, 1.807) is 0 Å². The van der Waals surface area contributed by atoms with Crippen molar-refractivity contribution < 1.29 is 4.74 Å². The summed E-state index contributed by atoms with van der Waals surface area (Å²) in [5.41, 5.74) is 0.535.